The summed E-state index contributed by atoms with van der Waals surface area (Å²) in [4.78, 5) is 20.3. The summed E-state index contributed by atoms with van der Waals surface area (Å²) >= 11 is 0. The van der Waals surface area contributed by atoms with Crippen molar-refractivity contribution in [2.24, 2.45) is 0 Å². The van der Waals surface area contributed by atoms with Gasteiger partial charge < -0.3 is 24.6 Å². The lowest BCUT2D eigenvalue weighted by atomic mass is 9.73. The number of fused-ring (bicyclic) bond motifs is 1. The van der Waals surface area contributed by atoms with Gasteiger partial charge in [-0.1, -0.05) is 59.9 Å². The van der Waals surface area contributed by atoms with Crippen LogP contribution in [0.1, 0.15) is 28.2 Å². The van der Waals surface area contributed by atoms with Crippen molar-refractivity contribution in [2.45, 2.75) is 37.1 Å². The zero-order valence-corrected chi connectivity index (χ0v) is 25.3. The molecule has 2 saturated heterocycles. The quantitative estimate of drug-likeness (QED) is 0.440. The first-order valence-electron chi connectivity index (χ1n) is 14.6. The minimum atomic E-state index is -0.235. The van der Waals surface area contributed by atoms with E-state index in [1.807, 2.05) is 66.4 Å². The number of amides is 2. The van der Waals surface area contributed by atoms with Gasteiger partial charge in [0.25, 0.3) is 0 Å². The Bertz CT molecular complexity index is 1380. The smallest absolute Gasteiger partial charge is 0.321 e. The highest BCUT2D eigenvalue weighted by molar-refractivity contribution is 5.89. The maximum atomic E-state index is 13.7. The first-order chi connectivity index (χ1) is 20.4. The van der Waals surface area contributed by atoms with E-state index in [0.717, 1.165) is 35.5 Å². The minimum Gasteiger partial charge on any atom is -0.377 e. The molecule has 2 heterocycles. The Morgan fingerprint density at radius 2 is 1.48 bits per heavy atom. The van der Waals surface area contributed by atoms with E-state index in [1.165, 1.54) is 5.56 Å². The maximum absolute atomic E-state index is 13.7. The molecule has 42 heavy (non-hydrogen) atoms. The monoisotopic (exact) mass is 566 g/mol. The van der Waals surface area contributed by atoms with Crippen molar-refractivity contribution < 1.29 is 14.3 Å². The van der Waals surface area contributed by atoms with Gasteiger partial charge in [0, 0.05) is 68.7 Å². The largest absolute Gasteiger partial charge is 0.377 e. The van der Waals surface area contributed by atoms with E-state index in [9.17, 15) is 4.79 Å². The van der Waals surface area contributed by atoms with Gasteiger partial charge in [0.05, 0.1) is 12.6 Å². The summed E-state index contributed by atoms with van der Waals surface area (Å²) in [6.45, 7) is 4.74. The van der Waals surface area contributed by atoms with Gasteiger partial charge in [-0.25, -0.2) is 4.79 Å². The van der Waals surface area contributed by atoms with Crippen molar-refractivity contribution >= 4 is 11.7 Å². The van der Waals surface area contributed by atoms with Crippen molar-refractivity contribution in [1.82, 2.24) is 14.7 Å². The second kappa shape index (κ2) is 13.5. The fourth-order valence-corrected chi connectivity index (χ4v) is 6.21. The molecule has 3 aromatic carbocycles. The summed E-state index contributed by atoms with van der Waals surface area (Å²) in [5.74, 6) is 6.81. The molecule has 0 spiro atoms. The lowest BCUT2D eigenvalue weighted by molar-refractivity contribution is -0.123. The summed E-state index contributed by atoms with van der Waals surface area (Å²) in [5.41, 5.74) is 5.19. The molecule has 7 heteroatoms. The summed E-state index contributed by atoms with van der Waals surface area (Å²) in [7, 11) is 7.66. The fraction of sp³-hybridized carbons (Fsp3) is 0.400. The molecule has 220 valence electrons. The van der Waals surface area contributed by atoms with E-state index in [4.69, 9.17) is 9.47 Å². The van der Waals surface area contributed by atoms with E-state index in [2.05, 4.69) is 65.3 Å². The van der Waals surface area contributed by atoms with Crippen LogP contribution in [0, 0.1) is 18.8 Å². The molecule has 0 bridgehead atoms. The highest BCUT2D eigenvalue weighted by Crippen LogP contribution is 2.43. The van der Waals surface area contributed by atoms with Gasteiger partial charge in [-0.3, -0.25) is 4.90 Å². The highest BCUT2D eigenvalue weighted by Gasteiger charge is 2.52. The average Bonchev–Trinajstić information content (AvgIpc) is 2.99. The number of aryl methyl sites for hydroxylation is 1. The van der Waals surface area contributed by atoms with E-state index >= 15 is 0 Å². The zero-order chi connectivity index (χ0) is 29.6. The number of nitrogens with zero attached hydrogens (tertiary/aromatic N) is 3. The summed E-state index contributed by atoms with van der Waals surface area (Å²) < 4.78 is 11.8. The molecule has 2 amide bonds. The van der Waals surface area contributed by atoms with Gasteiger partial charge >= 0.3 is 6.03 Å². The fourth-order valence-electron chi connectivity index (χ4n) is 6.21. The van der Waals surface area contributed by atoms with Gasteiger partial charge in [0.15, 0.2) is 0 Å². The molecule has 3 aromatic rings. The van der Waals surface area contributed by atoms with Crippen molar-refractivity contribution in [3.8, 4) is 11.8 Å². The number of urea groups is 1. The third-order valence-electron chi connectivity index (χ3n) is 8.46. The molecule has 0 unspecified atom stereocenters. The average molecular weight is 567 g/mol. The molecular weight excluding hydrogens is 524 g/mol. The van der Waals surface area contributed by atoms with Gasteiger partial charge in [-0.05, 0) is 63.0 Å². The van der Waals surface area contributed by atoms with Crippen LogP contribution in [0.25, 0.3) is 0 Å². The Labute approximate surface area is 250 Å². The third-order valence-corrected chi connectivity index (χ3v) is 8.46. The normalized spacial score (nSPS) is 24.0. The maximum Gasteiger partial charge on any atom is 0.321 e. The summed E-state index contributed by atoms with van der Waals surface area (Å²) in [5, 5.41) is 3.11. The third kappa shape index (κ3) is 6.86. The Morgan fingerprint density at radius 3 is 2.10 bits per heavy atom. The number of rotatable bonds is 6. The molecule has 0 saturated carbocycles. The standard InChI is InChI=1S/C35H42N4O3/c1-25-11-19-29(20-12-25)36-35(40)38-22-31-34(28-17-15-27(16-18-28)14-13-26-9-7-6-8-10-26)30(21-37(2)3)39(31)24-33(42-5)32(23-38)41-4/h6-12,15-20,30-34H,21-24H2,1-5H3,(H,36,40)/t30-,31+,32-,33+,34+/m1/s1. The van der Waals surface area contributed by atoms with Crippen LogP contribution >= 0.6 is 0 Å². The Balaban J connectivity index is 1.42. The van der Waals surface area contributed by atoms with Gasteiger partial charge in [-0.2, -0.15) is 0 Å². The summed E-state index contributed by atoms with van der Waals surface area (Å²) in [6, 6.07) is 26.9. The number of methoxy groups -OCH3 is 2. The van der Waals surface area contributed by atoms with Crippen LogP contribution in [-0.2, 0) is 9.47 Å². The number of hydrogen-bond acceptors (Lipinski definition) is 5. The number of likely N-dealkylation sites (N-methyl/N-ethyl adjacent to an activating group) is 1. The Morgan fingerprint density at radius 1 is 0.857 bits per heavy atom. The van der Waals surface area contributed by atoms with Crippen LogP contribution in [0.3, 0.4) is 0 Å². The Hall–Kier alpha value is -3.67. The van der Waals surface area contributed by atoms with Crippen molar-refractivity contribution in [3.63, 3.8) is 0 Å². The van der Waals surface area contributed by atoms with E-state index in [0.29, 0.717) is 13.1 Å². The SMILES string of the molecule is CO[C@H]1CN2[C@H](CN(C)C)[C@H](c3ccc(C#Cc4ccccc4)cc3)[C@@H]2CN(C(=O)Nc2ccc(C)cc2)C[C@H]1OC. The van der Waals surface area contributed by atoms with Crippen LogP contribution in [0.4, 0.5) is 10.5 Å². The van der Waals surface area contributed by atoms with E-state index in [-0.39, 0.29) is 36.2 Å². The van der Waals surface area contributed by atoms with Crippen LogP contribution in [-0.4, -0.2) is 99.5 Å². The molecular formula is C35H42N4O3. The molecule has 2 fully saturated rings. The summed E-state index contributed by atoms with van der Waals surface area (Å²) in [6.07, 6.45) is -0.394. The van der Waals surface area contributed by atoms with Crippen molar-refractivity contribution in [3.05, 3.63) is 101 Å². The molecule has 2 aliphatic heterocycles. The topological polar surface area (TPSA) is 57.3 Å². The van der Waals surface area contributed by atoms with Gasteiger partial charge in [0.2, 0.25) is 0 Å². The van der Waals surface area contributed by atoms with E-state index in [1.54, 1.807) is 14.2 Å². The van der Waals surface area contributed by atoms with Crippen LogP contribution in [0.2, 0.25) is 0 Å². The number of benzene rings is 3. The molecule has 7 nitrogen and oxygen atoms in total. The second-order valence-corrected chi connectivity index (χ2v) is 11.6. The zero-order valence-electron chi connectivity index (χ0n) is 25.3. The number of nitrogens with one attached hydrogen (secondary N) is 1. The lowest BCUT2D eigenvalue weighted by Crippen LogP contribution is -2.72. The minimum absolute atomic E-state index is 0.126. The number of anilines is 1. The van der Waals surface area contributed by atoms with Crippen LogP contribution in [0.5, 0.6) is 0 Å². The molecule has 5 rings (SSSR count). The lowest BCUT2D eigenvalue weighted by Gasteiger charge is -2.59. The van der Waals surface area contributed by atoms with Crippen molar-refractivity contribution in [1.29, 1.82) is 0 Å². The van der Waals surface area contributed by atoms with Crippen molar-refractivity contribution in [2.75, 3.05) is 59.8 Å². The highest BCUT2D eigenvalue weighted by atomic mass is 16.5. The number of hydrogen-bond donors (Lipinski definition) is 1. The van der Waals surface area contributed by atoms with Crippen LogP contribution < -0.4 is 5.32 Å². The number of carbonyl (C=O) groups excluding carboxylic acids is 1. The van der Waals surface area contributed by atoms with Gasteiger partial charge in [0.1, 0.15) is 6.10 Å². The predicted octanol–water partition coefficient (Wildman–Crippen LogP) is 4.67. The van der Waals surface area contributed by atoms with Gasteiger partial charge in [-0.15, -0.1) is 0 Å². The molecule has 0 aromatic heterocycles. The first kappa shape index (κ1) is 29.8. The Kier molecular flexibility index (Phi) is 9.61. The molecule has 1 N–H and O–H groups in total. The molecule has 0 aliphatic carbocycles. The number of ether oxygens (including phenoxy) is 2. The molecule has 0 radical (unpaired) electrons. The number of carbonyl (C=O) groups is 1. The molecule has 5 atom stereocenters. The van der Waals surface area contributed by atoms with E-state index < -0.39 is 0 Å². The van der Waals surface area contributed by atoms with Crippen LogP contribution in [0.15, 0.2) is 78.9 Å². The first-order valence-corrected chi connectivity index (χ1v) is 14.6. The predicted molar refractivity (Wildman–Crippen MR) is 168 cm³/mol. The second-order valence-electron chi connectivity index (χ2n) is 11.6. The molecule has 2 aliphatic rings.